The third-order valence-electron chi connectivity index (χ3n) is 5.90. The minimum Gasteiger partial charge on any atom is -0.482 e. The molecular formula is C21H25N3O6. The minimum absolute atomic E-state index is 0.335. The fraction of sp³-hybridized carbons (Fsp3) is 0.524. The van der Waals surface area contributed by atoms with E-state index in [0.717, 1.165) is 38.5 Å². The first-order valence-corrected chi connectivity index (χ1v) is 10.3. The summed E-state index contributed by atoms with van der Waals surface area (Å²) in [5, 5.41) is 3.37. The summed E-state index contributed by atoms with van der Waals surface area (Å²) < 4.78 is 10.3. The number of urea groups is 1. The summed E-state index contributed by atoms with van der Waals surface area (Å²) in [6, 6.07) is 5.05. The van der Waals surface area contributed by atoms with E-state index in [1.807, 2.05) is 18.2 Å². The number of ether oxygens (including phenoxy) is 2. The molecular weight excluding hydrogens is 390 g/mol. The molecule has 3 aliphatic rings. The van der Waals surface area contributed by atoms with E-state index >= 15 is 0 Å². The summed E-state index contributed by atoms with van der Waals surface area (Å²) in [6.45, 7) is -0.950. The van der Waals surface area contributed by atoms with E-state index in [2.05, 4.69) is 10.7 Å². The highest BCUT2D eigenvalue weighted by Crippen LogP contribution is 2.33. The normalized spacial score (nSPS) is 19.4. The first kappa shape index (κ1) is 20.2. The molecule has 1 aromatic carbocycles. The van der Waals surface area contributed by atoms with E-state index in [-0.39, 0.29) is 6.61 Å². The summed E-state index contributed by atoms with van der Waals surface area (Å²) in [4.78, 5) is 48.7. The zero-order valence-electron chi connectivity index (χ0n) is 16.7. The highest BCUT2D eigenvalue weighted by atomic mass is 16.6. The predicted molar refractivity (Wildman–Crippen MR) is 104 cm³/mol. The highest BCUT2D eigenvalue weighted by Gasteiger charge is 2.52. The Kier molecular flexibility index (Phi) is 5.61. The highest BCUT2D eigenvalue weighted by molar-refractivity contribution is 6.08. The van der Waals surface area contributed by atoms with Gasteiger partial charge in [0.05, 0.1) is 0 Å². The lowest BCUT2D eigenvalue weighted by atomic mass is 9.82. The summed E-state index contributed by atoms with van der Waals surface area (Å²) in [6.07, 6.45) is 6.99. The SMILES string of the molecule is O=C(COC(=O)COc1ccc2c(c1)CCC2)NN1C(=O)NC2(CCCCC2)C1=O. The maximum atomic E-state index is 12.6. The quantitative estimate of drug-likeness (QED) is 0.536. The van der Waals surface area contributed by atoms with Crippen molar-refractivity contribution in [2.45, 2.75) is 56.9 Å². The number of carbonyl (C=O) groups is 4. The van der Waals surface area contributed by atoms with Gasteiger partial charge in [-0.2, -0.15) is 5.01 Å². The molecule has 160 valence electrons. The van der Waals surface area contributed by atoms with E-state index in [4.69, 9.17) is 9.47 Å². The molecule has 2 N–H and O–H groups in total. The van der Waals surface area contributed by atoms with Crippen LogP contribution in [0.15, 0.2) is 18.2 Å². The average Bonchev–Trinajstić information content (AvgIpc) is 3.30. The van der Waals surface area contributed by atoms with Gasteiger partial charge in [0.2, 0.25) is 0 Å². The lowest BCUT2D eigenvalue weighted by Gasteiger charge is -2.30. The molecule has 0 aromatic heterocycles. The molecule has 0 radical (unpaired) electrons. The molecule has 9 heteroatoms. The number of hydrogen-bond acceptors (Lipinski definition) is 6. The summed E-state index contributed by atoms with van der Waals surface area (Å²) in [5.74, 6) is -1.37. The molecule has 0 unspecified atom stereocenters. The largest absolute Gasteiger partial charge is 0.482 e. The fourth-order valence-electron chi connectivity index (χ4n) is 4.34. The van der Waals surface area contributed by atoms with Crippen LogP contribution in [0.25, 0.3) is 0 Å². The molecule has 4 rings (SSSR count). The molecule has 9 nitrogen and oxygen atoms in total. The van der Waals surface area contributed by atoms with Gasteiger partial charge < -0.3 is 14.8 Å². The van der Waals surface area contributed by atoms with E-state index in [9.17, 15) is 19.2 Å². The predicted octanol–water partition coefficient (Wildman–Crippen LogP) is 1.38. The number of nitrogens with zero attached hydrogens (tertiary/aromatic N) is 1. The van der Waals surface area contributed by atoms with Crippen LogP contribution in [0, 0.1) is 0 Å². The van der Waals surface area contributed by atoms with Gasteiger partial charge in [0, 0.05) is 0 Å². The van der Waals surface area contributed by atoms with Gasteiger partial charge in [-0.05, 0) is 55.4 Å². The second-order valence-corrected chi connectivity index (χ2v) is 7.98. The monoisotopic (exact) mass is 415 g/mol. The van der Waals surface area contributed by atoms with Crippen LogP contribution in [0.3, 0.4) is 0 Å². The van der Waals surface area contributed by atoms with Crippen LogP contribution >= 0.6 is 0 Å². The van der Waals surface area contributed by atoms with E-state index in [0.29, 0.717) is 23.6 Å². The van der Waals surface area contributed by atoms with Crippen LogP contribution in [-0.2, 0) is 32.0 Å². The van der Waals surface area contributed by atoms with Crippen molar-refractivity contribution in [1.82, 2.24) is 15.8 Å². The molecule has 4 amide bonds. The Hall–Kier alpha value is -3.10. The molecule has 1 spiro atoms. The Morgan fingerprint density at radius 3 is 2.60 bits per heavy atom. The topological polar surface area (TPSA) is 114 Å². The number of aryl methyl sites for hydroxylation is 2. The van der Waals surface area contributed by atoms with Crippen molar-refractivity contribution in [2.75, 3.05) is 13.2 Å². The molecule has 1 aromatic rings. The maximum absolute atomic E-state index is 12.6. The van der Waals surface area contributed by atoms with Crippen molar-refractivity contribution in [3.63, 3.8) is 0 Å². The van der Waals surface area contributed by atoms with Crippen LogP contribution in [0.2, 0.25) is 0 Å². The Balaban J connectivity index is 1.22. The second-order valence-electron chi connectivity index (χ2n) is 7.98. The van der Waals surface area contributed by atoms with E-state index < -0.39 is 36.0 Å². The van der Waals surface area contributed by atoms with E-state index in [1.165, 1.54) is 11.1 Å². The van der Waals surface area contributed by atoms with Crippen LogP contribution in [0.5, 0.6) is 5.75 Å². The van der Waals surface area contributed by atoms with Crippen molar-refractivity contribution in [1.29, 1.82) is 0 Å². The molecule has 0 bridgehead atoms. The number of imide groups is 1. The van der Waals surface area contributed by atoms with Gasteiger partial charge in [0.25, 0.3) is 11.8 Å². The number of hydrazine groups is 1. The van der Waals surface area contributed by atoms with Crippen molar-refractivity contribution in [3.8, 4) is 5.75 Å². The zero-order chi connectivity index (χ0) is 21.1. The Morgan fingerprint density at radius 2 is 1.80 bits per heavy atom. The molecule has 1 heterocycles. The van der Waals surface area contributed by atoms with Crippen LogP contribution in [-0.4, -0.2) is 47.6 Å². The van der Waals surface area contributed by atoms with Gasteiger partial charge in [0.1, 0.15) is 11.3 Å². The third-order valence-corrected chi connectivity index (χ3v) is 5.90. The molecule has 2 aliphatic carbocycles. The number of esters is 1. The molecule has 1 aliphatic heterocycles. The van der Waals surface area contributed by atoms with Crippen molar-refractivity contribution < 1.29 is 28.7 Å². The van der Waals surface area contributed by atoms with E-state index in [1.54, 1.807) is 0 Å². The van der Waals surface area contributed by atoms with Crippen LogP contribution in [0.4, 0.5) is 4.79 Å². The minimum atomic E-state index is -0.928. The van der Waals surface area contributed by atoms with Crippen LogP contribution < -0.4 is 15.5 Å². The lowest BCUT2D eigenvalue weighted by Crippen LogP contribution is -2.51. The van der Waals surface area contributed by atoms with Gasteiger partial charge in [-0.3, -0.25) is 15.0 Å². The van der Waals surface area contributed by atoms with Crippen molar-refractivity contribution in [3.05, 3.63) is 29.3 Å². The molecule has 30 heavy (non-hydrogen) atoms. The molecule has 2 fully saturated rings. The molecule has 1 saturated carbocycles. The first-order chi connectivity index (χ1) is 14.5. The summed E-state index contributed by atoms with van der Waals surface area (Å²) in [7, 11) is 0. The summed E-state index contributed by atoms with van der Waals surface area (Å²) in [5.41, 5.74) is 3.82. The first-order valence-electron chi connectivity index (χ1n) is 10.3. The van der Waals surface area contributed by atoms with Crippen molar-refractivity contribution >= 4 is 23.8 Å². The standard InChI is InChI=1S/C21H25N3O6/c25-17(23-24-19(27)21(22-20(24)28)9-2-1-3-10-21)12-30-18(26)13-29-16-8-7-14-5-4-6-15(14)11-16/h7-8,11H,1-6,9-10,12-13H2,(H,22,28)(H,23,25). The smallest absolute Gasteiger partial charge is 0.344 e. The third kappa shape index (κ3) is 4.10. The lowest BCUT2D eigenvalue weighted by molar-refractivity contribution is -0.152. The molecule has 1 saturated heterocycles. The maximum Gasteiger partial charge on any atom is 0.344 e. The average molecular weight is 415 g/mol. The summed E-state index contributed by atoms with van der Waals surface area (Å²) >= 11 is 0. The Labute approximate surface area is 174 Å². The van der Waals surface area contributed by atoms with Gasteiger partial charge in [-0.1, -0.05) is 25.3 Å². The van der Waals surface area contributed by atoms with Crippen molar-refractivity contribution in [2.24, 2.45) is 0 Å². The number of amides is 4. The Bertz CT molecular complexity index is 877. The number of fused-ring (bicyclic) bond motifs is 1. The van der Waals surface area contributed by atoms with Crippen LogP contribution in [0.1, 0.15) is 49.7 Å². The fourth-order valence-corrected chi connectivity index (χ4v) is 4.34. The number of rotatable bonds is 6. The van der Waals surface area contributed by atoms with Gasteiger partial charge >= 0.3 is 12.0 Å². The second kappa shape index (κ2) is 8.33. The number of nitrogens with one attached hydrogen (secondary N) is 2. The zero-order valence-corrected chi connectivity index (χ0v) is 16.7. The van der Waals surface area contributed by atoms with Gasteiger partial charge in [-0.15, -0.1) is 0 Å². The number of carbonyl (C=O) groups excluding carboxylic acids is 4. The van der Waals surface area contributed by atoms with Gasteiger partial charge in [-0.25, -0.2) is 9.59 Å². The number of hydrogen-bond donors (Lipinski definition) is 2. The van der Waals surface area contributed by atoms with Gasteiger partial charge in [0.15, 0.2) is 13.2 Å². The Morgan fingerprint density at radius 1 is 1.03 bits per heavy atom. The molecule has 0 atom stereocenters. The number of benzene rings is 1.